The quantitative estimate of drug-likeness (QED) is 0.832. The molecule has 0 aliphatic carbocycles. The second-order valence-electron chi connectivity index (χ2n) is 6.05. The molecule has 1 aliphatic heterocycles. The SMILES string of the molecule is CN(C)C[C@]1(O)CCCN(C(=O)Cn2ccccc2=O)C1. The highest BCUT2D eigenvalue weighted by molar-refractivity contribution is 5.76. The van der Waals surface area contributed by atoms with Gasteiger partial charge in [-0.25, -0.2) is 0 Å². The average Bonchev–Trinajstić information content (AvgIpc) is 2.40. The molecular weight excluding hydrogens is 270 g/mol. The van der Waals surface area contributed by atoms with E-state index in [1.807, 2.05) is 19.0 Å². The van der Waals surface area contributed by atoms with Crippen LogP contribution in [0.5, 0.6) is 0 Å². The van der Waals surface area contributed by atoms with Crippen LogP contribution in [0.25, 0.3) is 0 Å². The molecule has 0 aromatic carbocycles. The molecule has 1 aromatic heterocycles. The van der Waals surface area contributed by atoms with Crippen LogP contribution in [0.15, 0.2) is 29.2 Å². The monoisotopic (exact) mass is 293 g/mol. The molecule has 6 heteroatoms. The van der Waals surface area contributed by atoms with Crippen LogP contribution in [0, 0.1) is 0 Å². The lowest BCUT2D eigenvalue weighted by atomic mass is 9.92. The summed E-state index contributed by atoms with van der Waals surface area (Å²) >= 11 is 0. The molecule has 0 radical (unpaired) electrons. The van der Waals surface area contributed by atoms with Gasteiger partial charge in [0.2, 0.25) is 5.91 Å². The van der Waals surface area contributed by atoms with Gasteiger partial charge in [0.15, 0.2) is 0 Å². The second-order valence-corrected chi connectivity index (χ2v) is 6.05. The number of rotatable bonds is 4. The van der Waals surface area contributed by atoms with Crippen molar-refractivity contribution in [3.05, 3.63) is 34.7 Å². The number of amides is 1. The van der Waals surface area contributed by atoms with Gasteiger partial charge in [-0.15, -0.1) is 0 Å². The fraction of sp³-hybridized carbons (Fsp3) is 0.600. The molecule has 2 heterocycles. The van der Waals surface area contributed by atoms with E-state index >= 15 is 0 Å². The van der Waals surface area contributed by atoms with Crippen LogP contribution in [0.1, 0.15) is 12.8 Å². The van der Waals surface area contributed by atoms with Gasteiger partial charge in [-0.05, 0) is 33.0 Å². The van der Waals surface area contributed by atoms with Gasteiger partial charge in [0.05, 0.1) is 12.1 Å². The zero-order valence-electron chi connectivity index (χ0n) is 12.7. The number of aromatic nitrogens is 1. The van der Waals surface area contributed by atoms with Crippen molar-refractivity contribution in [2.45, 2.75) is 25.0 Å². The maximum absolute atomic E-state index is 12.3. The van der Waals surface area contributed by atoms with Crippen LogP contribution in [0.4, 0.5) is 0 Å². The molecule has 116 valence electrons. The molecule has 0 bridgehead atoms. The lowest BCUT2D eigenvalue weighted by Gasteiger charge is -2.40. The lowest BCUT2D eigenvalue weighted by Crippen LogP contribution is -2.55. The number of β-amino-alcohol motifs (C(OH)–C–C–N with tert-alkyl or cyclic N) is 1. The van der Waals surface area contributed by atoms with Crippen LogP contribution >= 0.6 is 0 Å². The Morgan fingerprint density at radius 3 is 2.86 bits per heavy atom. The smallest absolute Gasteiger partial charge is 0.250 e. The van der Waals surface area contributed by atoms with Crippen molar-refractivity contribution in [2.75, 3.05) is 33.7 Å². The van der Waals surface area contributed by atoms with Gasteiger partial charge in [-0.1, -0.05) is 6.07 Å². The van der Waals surface area contributed by atoms with Gasteiger partial charge < -0.3 is 19.5 Å². The summed E-state index contributed by atoms with van der Waals surface area (Å²) < 4.78 is 1.39. The first-order valence-electron chi connectivity index (χ1n) is 7.20. The molecule has 6 nitrogen and oxygen atoms in total. The molecule has 1 saturated heterocycles. The first-order valence-corrected chi connectivity index (χ1v) is 7.20. The molecule has 2 rings (SSSR count). The largest absolute Gasteiger partial charge is 0.387 e. The highest BCUT2D eigenvalue weighted by Gasteiger charge is 2.35. The van der Waals surface area contributed by atoms with E-state index < -0.39 is 5.60 Å². The standard InChI is InChI=1S/C15H23N3O3/c1-16(2)11-15(21)7-5-9-18(12-15)14(20)10-17-8-4-3-6-13(17)19/h3-4,6,8,21H,5,7,9-12H2,1-2H3/t15-/m1/s1. The average molecular weight is 293 g/mol. The van der Waals surface area contributed by atoms with Crippen LogP contribution in [-0.4, -0.2) is 64.7 Å². The van der Waals surface area contributed by atoms with Crippen LogP contribution in [-0.2, 0) is 11.3 Å². The van der Waals surface area contributed by atoms with Crippen molar-refractivity contribution in [3.63, 3.8) is 0 Å². The third-order valence-corrected chi connectivity index (χ3v) is 3.72. The number of likely N-dealkylation sites (N-methyl/N-ethyl adjacent to an activating group) is 1. The minimum Gasteiger partial charge on any atom is -0.387 e. The summed E-state index contributed by atoms with van der Waals surface area (Å²) in [5.41, 5.74) is -1.05. The molecule has 1 atom stereocenters. The van der Waals surface area contributed by atoms with Gasteiger partial charge in [-0.3, -0.25) is 9.59 Å². The van der Waals surface area contributed by atoms with E-state index in [9.17, 15) is 14.7 Å². The predicted octanol–water partition coefficient (Wildman–Crippen LogP) is -0.237. The number of hydrogen-bond donors (Lipinski definition) is 1. The van der Waals surface area contributed by atoms with Crippen molar-refractivity contribution >= 4 is 5.91 Å². The number of piperidine rings is 1. The van der Waals surface area contributed by atoms with Gasteiger partial charge in [0, 0.05) is 25.4 Å². The van der Waals surface area contributed by atoms with E-state index in [-0.39, 0.29) is 18.0 Å². The number of likely N-dealkylation sites (tertiary alicyclic amines) is 1. The lowest BCUT2D eigenvalue weighted by molar-refractivity contribution is -0.139. The highest BCUT2D eigenvalue weighted by atomic mass is 16.3. The number of pyridine rings is 1. The van der Waals surface area contributed by atoms with E-state index in [0.29, 0.717) is 26.1 Å². The molecule has 1 aliphatic rings. The number of carbonyl (C=O) groups excluding carboxylic acids is 1. The van der Waals surface area contributed by atoms with E-state index in [4.69, 9.17) is 0 Å². The summed E-state index contributed by atoms with van der Waals surface area (Å²) in [6.45, 7) is 1.52. The highest BCUT2D eigenvalue weighted by Crippen LogP contribution is 2.22. The Balaban J connectivity index is 2.03. The maximum atomic E-state index is 12.3. The van der Waals surface area contributed by atoms with Gasteiger partial charge >= 0.3 is 0 Å². The molecular formula is C15H23N3O3. The Labute approximate surface area is 124 Å². The van der Waals surface area contributed by atoms with Gasteiger partial charge in [-0.2, -0.15) is 0 Å². The number of aliphatic hydroxyl groups is 1. The Morgan fingerprint density at radius 1 is 1.43 bits per heavy atom. The zero-order chi connectivity index (χ0) is 15.5. The number of nitrogens with zero attached hydrogens (tertiary/aromatic N) is 3. The van der Waals surface area contributed by atoms with Crippen molar-refractivity contribution in [1.29, 1.82) is 0 Å². The predicted molar refractivity (Wildman–Crippen MR) is 80.0 cm³/mol. The first kappa shape index (κ1) is 15.7. The summed E-state index contributed by atoms with van der Waals surface area (Å²) in [6, 6.07) is 4.82. The maximum Gasteiger partial charge on any atom is 0.250 e. The number of hydrogen-bond acceptors (Lipinski definition) is 4. The Morgan fingerprint density at radius 2 is 2.19 bits per heavy atom. The third-order valence-electron chi connectivity index (χ3n) is 3.72. The van der Waals surface area contributed by atoms with Crippen LogP contribution < -0.4 is 5.56 Å². The molecule has 0 saturated carbocycles. The van der Waals surface area contributed by atoms with E-state index in [0.717, 1.165) is 6.42 Å². The molecule has 1 fully saturated rings. The van der Waals surface area contributed by atoms with E-state index in [1.54, 1.807) is 23.2 Å². The fourth-order valence-corrected chi connectivity index (χ4v) is 2.88. The summed E-state index contributed by atoms with van der Waals surface area (Å²) in [5, 5.41) is 10.6. The third kappa shape index (κ3) is 4.15. The molecule has 21 heavy (non-hydrogen) atoms. The van der Waals surface area contributed by atoms with E-state index in [1.165, 1.54) is 10.6 Å². The second kappa shape index (κ2) is 6.41. The molecule has 1 N–H and O–H groups in total. The van der Waals surface area contributed by atoms with Crippen LogP contribution in [0.2, 0.25) is 0 Å². The molecule has 1 amide bonds. The van der Waals surface area contributed by atoms with Gasteiger partial charge in [0.25, 0.3) is 5.56 Å². The number of carbonyl (C=O) groups is 1. The van der Waals surface area contributed by atoms with Crippen molar-refractivity contribution < 1.29 is 9.90 Å². The zero-order valence-corrected chi connectivity index (χ0v) is 12.7. The Hall–Kier alpha value is -1.66. The summed E-state index contributed by atoms with van der Waals surface area (Å²) in [6.07, 6.45) is 3.08. The first-order chi connectivity index (χ1) is 9.89. The van der Waals surface area contributed by atoms with Gasteiger partial charge in [0.1, 0.15) is 6.54 Å². The summed E-state index contributed by atoms with van der Waals surface area (Å²) in [5.74, 6) is -0.125. The van der Waals surface area contributed by atoms with Crippen molar-refractivity contribution in [2.24, 2.45) is 0 Å². The molecule has 0 spiro atoms. The fourth-order valence-electron chi connectivity index (χ4n) is 2.88. The van der Waals surface area contributed by atoms with Crippen LogP contribution in [0.3, 0.4) is 0 Å². The normalized spacial score (nSPS) is 22.6. The molecule has 0 unspecified atom stereocenters. The minimum atomic E-state index is -0.862. The topological polar surface area (TPSA) is 65.8 Å². The van der Waals surface area contributed by atoms with Crippen molar-refractivity contribution in [1.82, 2.24) is 14.4 Å². The molecule has 1 aromatic rings. The summed E-state index contributed by atoms with van der Waals surface area (Å²) in [7, 11) is 3.81. The Bertz CT molecular complexity index is 555. The Kier molecular flexibility index (Phi) is 4.80. The minimum absolute atomic E-state index is 0.0255. The summed E-state index contributed by atoms with van der Waals surface area (Å²) in [4.78, 5) is 27.6. The van der Waals surface area contributed by atoms with E-state index in [2.05, 4.69) is 0 Å². The van der Waals surface area contributed by atoms with Crippen molar-refractivity contribution in [3.8, 4) is 0 Å².